The van der Waals surface area contributed by atoms with E-state index < -0.39 is 39.4 Å². The molecule has 1 amide bonds. The largest absolute Gasteiger partial charge is 0.480 e. The maximum absolute atomic E-state index is 13.8. The number of hydrogen-bond donors (Lipinski definition) is 4. The van der Waals surface area contributed by atoms with Crippen LogP contribution in [0.4, 0.5) is 5.69 Å². The Bertz CT molecular complexity index is 1390. The zero-order valence-electron chi connectivity index (χ0n) is 19.3. The Labute approximate surface area is 203 Å². The van der Waals surface area contributed by atoms with Crippen LogP contribution in [0.25, 0.3) is 10.9 Å². The number of fused-ring (bicyclic) bond motifs is 3. The van der Waals surface area contributed by atoms with Gasteiger partial charge in [0.2, 0.25) is 15.9 Å². The van der Waals surface area contributed by atoms with Gasteiger partial charge >= 0.3 is 5.97 Å². The maximum Gasteiger partial charge on any atom is 0.326 e. The fourth-order valence-corrected chi connectivity index (χ4v) is 6.91. The van der Waals surface area contributed by atoms with E-state index in [0.717, 1.165) is 28.3 Å². The lowest BCUT2D eigenvalue weighted by atomic mass is 9.69. The summed E-state index contributed by atoms with van der Waals surface area (Å²) in [5.74, 6) is -1.77. The molecule has 1 fully saturated rings. The fourth-order valence-electron chi connectivity index (χ4n) is 5.71. The molecule has 2 aliphatic heterocycles. The van der Waals surface area contributed by atoms with Crippen LogP contribution in [-0.4, -0.2) is 61.8 Å². The van der Waals surface area contributed by atoms with Crippen molar-refractivity contribution in [2.75, 3.05) is 23.7 Å². The van der Waals surface area contributed by atoms with Gasteiger partial charge in [-0.2, -0.15) is 0 Å². The number of amides is 1. The number of anilines is 1. The molecule has 3 heterocycles. The highest BCUT2D eigenvalue weighted by molar-refractivity contribution is 7.92. The Hall–Kier alpha value is -3.37. The average molecular weight is 497 g/mol. The van der Waals surface area contributed by atoms with Crippen LogP contribution in [0, 0.1) is 0 Å². The van der Waals surface area contributed by atoms with Crippen LogP contribution in [0.15, 0.2) is 54.7 Å². The van der Waals surface area contributed by atoms with Crippen LogP contribution in [0.3, 0.4) is 0 Å². The van der Waals surface area contributed by atoms with Gasteiger partial charge in [0, 0.05) is 28.9 Å². The summed E-state index contributed by atoms with van der Waals surface area (Å²) in [5, 5.41) is 16.8. The number of nitrogens with one attached hydrogen (secondary N) is 3. The molecule has 1 spiro atoms. The molecule has 2 atom stereocenters. The third kappa shape index (κ3) is 3.96. The lowest BCUT2D eigenvalue weighted by Gasteiger charge is -2.40. The summed E-state index contributed by atoms with van der Waals surface area (Å²) in [6.07, 6.45) is 4.03. The van der Waals surface area contributed by atoms with Gasteiger partial charge in [-0.3, -0.25) is 9.10 Å². The average Bonchev–Trinajstić information content (AvgIpc) is 3.36. The second-order valence-corrected chi connectivity index (χ2v) is 11.2. The predicted molar refractivity (Wildman–Crippen MR) is 133 cm³/mol. The number of benzene rings is 2. The minimum Gasteiger partial charge on any atom is -0.480 e. The van der Waals surface area contributed by atoms with Crippen molar-refractivity contribution in [3.8, 4) is 0 Å². The van der Waals surface area contributed by atoms with E-state index >= 15 is 0 Å². The Balaban J connectivity index is 1.52. The van der Waals surface area contributed by atoms with Crippen LogP contribution in [-0.2, 0) is 31.4 Å². The topological polar surface area (TPSA) is 132 Å². The first-order valence-corrected chi connectivity index (χ1v) is 13.4. The van der Waals surface area contributed by atoms with Gasteiger partial charge in [0.05, 0.1) is 11.9 Å². The Morgan fingerprint density at radius 1 is 1.14 bits per heavy atom. The van der Waals surface area contributed by atoms with Crippen molar-refractivity contribution in [2.45, 2.75) is 36.8 Å². The highest BCUT2D eigenvalue weighted by Gasteiger charge is 2.57. The Kier molecular flexibility index (Phi) is 5.80. The summed E-state index contributed by atoms with van der Waals surface area (Å²) >= 11 is 0. The van der Waals surface area contributed by atoms with Gasteiger partial charge in [-0.05, 0) is 49.2 Å². The summed E-state index contributed by atoms with van der Waals surface area (Å²) in [6, 6.07) is 12.5. The molecule has 35 heavy (non-hydrogen) atoms. The summed E-state index contributed by atoms with van der Waals surface area (Å²) in [7, 11) is -3.82. The first kappa shape index (κ1) is 23.4. The molecule has 3 aromatic rings. The van der Waals surface area contributed by atoms with E-state index in [-0.39, 0.29) is 6.42 Å². The van der Waals surface area contributed by atoms with Gasteiger partial charge in [0.25, 0.3) is 0 Å². The number of aromatic nitrogens is 1. The van der Waals surface area contributed by atoms with Crippen molar-refractivity contribution in [3.63, 3.8) is 0 Å². The van der Waals surface area contributed by atoms with E-state index in [1.54, 1.807) is 18.3 Å². The zero-order chi connectivity index (χ0) is 24.8. The van der Waals surface area contributed by atoms with E-state index in [1.807, 2.05) is 36.4 Å². The molecule has 0 bridgehead atoms. The smallest absolute Gasteiger partial charge is 0.326 e. The fraction of sp³-hybridized carbons (Fsp3) is 0.360. The van der Waals surface area contributed by atoms with Crippen LogP contribution in [0.2, 0.25) is 0 Å². The molecule has 0 aliphatic carbocycles. The first-order chi connectivity index (χ1) is 16.7. The van der Waals surface area contributed by atoms with E-state index in [9.17, 15) is 23.1 Å². The molecule has 5 rings (SSSR count). The second-order valence-electron chi connectivity index (χ2n) is 9.35. The molecule has 1 saturated heterocycles. The molecule has 184 valence electrons. The molecular weight excluding hydrogens is 468 g/mol. The quantitative estimate of drug-likeness (QED) is 0.411. The van der Waals surface area contributed by atoms with Crippen molar-refractivity contribution in [1.82, 2.24) is 15.6 Å². The number of H-pyrrole nitrogens is 1. The summed E-state index contributed by atoms with van der Waals surface area (Å²) < 4.78 is 27.1. The molecule has 10 heteroatoms. The molecule has 0 saturated carbocycles. The highest BCUT2D eigenvalue weighted by atomic mass is 32.2. The minimum absolute atomic E-state index is 0.0676. The van der Waals surface area contributed by atoms with E-state index in [2.05, 4.69) is 15.6 Å². The molecule has 9 nitrogen and oxygen atoms in total. The number of rotatable bonds is 6. The van der Waals surface area contributed by atoms with Gasteiger partial charge in [0.15, 0.2) is 0 Å². The molecule has 2 aliphatic rings. The molecule has 1 unspecified atom stereocenters. The van der Waals surface area contributed by atoms with E-state index in [0.29, 0.717) is 31.6 Å². The maximum atomic E-state index is 13.8. The number of para-hydroxylation sites is 2. The van der Waals surface area contributed by atoms with Crippen molar-refractivity contribution in [1.29, 1.82) is 0 Å². The van der Waals surface area contributed by atoms with Gasteiger partial charge in [0.1, 0.15) is 12.1 Å². The Morgan fingerprint density at radius 2 is 1.83 bits per heavy atom. The van der Waals surface area contributed by atoms with Crippen molar-refractivity contribution in [2.24, 2.45) is 0 Å². The molecule has 0 radical (unpaired) electrons. The number of carboxylic acids is 1. The van der Waals surface area contributed by atoms with E-state index in [1.165, 1.54) is 4.31 Å². The van der Waals surface area contributed by atoms with Crippen LogP contribution in [0.5, 0.6) is 0 Å². The van der Waals surface area contributed by atoms with Gasteiger partial charge < -0.3 is 20.7 Å². The van der Waals surface area contributed by atoms with Crippen molar-refractivity contribution >= 4 is 38.5 Å². The lowest BCUT2D eigenvalue weighted by Crippen LogP contribution is -2.60. The third-order valence-corrected chi connectivity index (χ3v) is 8.37. The normalized spacial score (nSPS) is 20.0. The standard InChI is InChI=1S/C25H28N4O5S/c1-35(33,34)29-21-9-5-3-7-18(21)25(10-12-26-13-11-25)22(29)23(30)28-20(24(31)32)14-16-15-27-19-8-4-2-6-17(16)19/h2-9,15,20,22,26-27H,10-14H2,1H3,(H,28,30)(H,31,32)/t20-,22?/m0/s1. The minimum atomic E-state index is -3.82. The number of carbonyl (C=O) groups excluding carboxylic acids is 1. The van der Waals surface area contributed by atoms with Crippen molar-refractivity contribution in [3.05, 3.63) is 65.9 Å². The van der Waals surface area contributed by atoms with Crippen LogP contribution < -0.4 is 14.9 Å². The summed E-state index contributed by atoms with van der Waals surface area (Å²) in [6.45, 7) is 1.26. The number of sulfonamides is 1. The lowest BCUT2D eigenvalue weighted by molar-refractivity contribution is -0.142. The van der Waals surface area contributed by atoms with Gasteiger partial charge in [-0.1, -0.05) is 36.4 Å². The molecule has 2 aromatic carbocycles. The summed E-state index contributed by atoms with van der Waals surface area (Å²) in [4.78, 5) is 29.2. The number of aliphatic carboxylic acids is 1. The number of hydrogen-bond acceptors (Lipinski definition) is 5. The summed E-state index contributed by atoms with van der Waals surface area (Å²) in [5.41, 5.74) is 2.20. The number of aromatic amines is 1. The number of nitrogens with zero attached hydrogens (tertiary/aromatic N) is 1. The Morgan fingerprint density at radius 3 is 2.54 bits per heavy atom. The number of carboxylic acid groups (broad SMARTS) is 1. The molecular formula is C25H28N4O5S. The highest BCUT2D eigenvalue weighted by Crippen LogP contribution is 2.51. The monoisotopic (exact) mass is 496 g/mol. The van der Waals surface area contributed by atoms with E-state index in [4.69, 9.17) is 0 Å². The molecule has 4 N–H and O–H groups in total. The van der Waals surface area contributed by atoms with Gasteiger partial charge in [-0.25, -0.2) is 13.2 Å². The number of carbonyl (C=O) groups is 2. The van der Waals surface area contributed by atoms with Crippen LogP contribution >= 0.6 is 0 Å². The predicted octanol–water partition coefficient (Wildman–Crippen LogP) is 1.75. The molecule has 1 aromatic heterocycles. The third-order valence-electron chi connectivity index (χ3n) is 7.25. The first-order valence-electron chi connectivity index (χ1n) is 11.6. The van der Waals surface area contributed by atoms with Gasteiger partial charge in [-0.15, -0.1) is 0 Å². The van der Waals surface area contributed by atoms with Crippen LogP contribution in [0.1, 0.15) is 24.0 Å². The van der Waals surface area contributed by atoms with Crippen molar-refractivity contribution < 1.29 is 23.1 Å². The number of piperidine rings is 1. The zero-order valence-corrected chi connectivity index (χ0v) is 20.1. The second kappa shape index (κ2) is 8.69. The SMILES string of the molecule is CS(=O)(=O)N1c2ccccc2C2(CCNCC2)C1C(=O)N[C@@H](Cc1c[nH]c2ccccc12)C(=O)O.